The van der Waals surface area contributed by atoms with Crippen molar-refractivity contribution >= 4 is 23.0 Å². The van der Waals surface area contributed by atoms with Crippen LogP contribution in [0.15, 0.2) is 0 Å². The molecule has 60 valence electrons. The third-order valence-corrected chi connectivity index (χ3v) is 2.73. The summed E-state index contributed by atoms with van der Waals surface area (Å²) < 4.78 is 10.7. The number of hydrogen-bond acceptors (Lipinski definition) is 2. The molecule has 0 aliphatic carbocycles. The molecule has 3 unspecified atom stereocenters. The maximum absolute atomic E-state index is 5.58. The van der Waals surface area contributed by atoms with E-state index in [4.69, 9.17) is 7.80 Å². The molecule has 10 heavy (non-hydrogen) atoms. The lowest BCUT2D eigenvalue weighted by atomic mass is 10.1. The Balaban J connectivity index is 2.29. The van der Waals surface area contributed by atoms with E-state index in [0.29, 0.717) is 12.2 Å². The molecule has 0 spiro atoms. The summed E-state index contributed by atoms with van der Waals surface area (Å²) in [4.78, 5) is 0. The van der Waals surface area contributed by atoms with Crippen molar-refractivity contribution in [1.29, 1.82) is 0 Å². The zero-order valence-corrected chi connectivity index (χ0v) is 8.50. The van der Waals surface area contributed by atoms with Crippen LogP contribution in [0.4, 0.5) is 0 Å². The van der Waals surface area contributed by atoms with Crippen LogP contribution >= 0.6 is 23.0 Å². The van der Waals surface area contributed by atoms with Crippen molar-refractivity contribution in [1.82, 2.24) is 0 Å². The van der Waals surface area contributed by atoms with Gasteiger partial charge in [-0.05, 0) is 26.7 Å². The second-order valence-electron chi connectivity index (χ2n) is 2.86. The van der Waals surface area contributed by atoms with Crippen LogP contribution in [0.1, 0.15) is 26.7 Å². The highest BCUT2D eigenvalue weighted by Gasteiger charge is 2.26. The van der Waals surface area contributed by atoms with E-state index in [-0.39, 0.29) is 6.10 Å². The van der Waals surface area contributed by atoms with E-state index >= 15 is 0 Å². The van der Waals surface area contributed by atoms with E-state index in [1.807, 2.05) is 23.0 Å². The smallest absolute Gasteiger partial charge is 0.110 e. The number of rotatable bonds is 2. The second-order valence-corrected chi connectivity index (χ2v) is 3.37. The van der Waals surface area contributed by atoms with Crippen LogP contribution in [0.3, 0.4) is 0 Å². The predicted octanol–water partition coefficient (Wildman–Crippen LogP) is 2.31. The largest absolute Gasteiger partial charge is 0.373 e. The van der Waals surface area contributed by atoms with Crippen molar-refractivity contribution in [2.24, 2.45) is 0 Å². The van der Waals surface area contributed by atoms with Gasteiger partial charge in [-0.1, -0.05) is 0 Å². The Morgan fingerprint density at radius 3 is 2.70 bits per heavy atom. The third kappa shape index (κ3) is 2.07. The first-order chi connectivity index (χ1) is 4.74. The normalized spacial score (nSPS) is 36.3. The molecule has 0 aromatic rings. The second kappa shape index (κ2) is 3.88. The van der Waals surface area contributed by atoms with Gasteiger partial charge in [0.2, 0.25) is 0 Å². The van der Waals surface area contributed by atoms with Gasteiger partial charge in [0.1, 0.15) is 23.0 Å². The maximum Gasteiger partial charge on any atom is 0.110 e. The van der Waals surface area contributed by atoms with Crippen molar-refractivity contribution in [3.63, 3.8) is 0 Å². The number of ether oxygens (including phenoxy) is 1. The summed E-state index contributed by atoms with van der Waals surface area (Å²) in [5, 5.41) is 0. The van der Waals surface area contributed by atoms with Gasteiger partial charge in [0.05, 0.1) is 18.3 Å². The lowest BCUT2D eigenvalue weighted by Gasteiger charge is -2.15. The topological polar surface area (TPSA) is 18.5 Å². The van der Waals surface area contributed by atoms with Crippen molar-refractivity contribution in [3.8, 4) is 0 Å². The van der Waals surface area contributed by atoms with Gasteiger partial charge in [0, 0.05) is 0 Å². The Morgan fingerprint density at radius 2 is 2.30 bits per heavy atom. The average molecular weight is 256 g/mol. The molecule has 0 bridgehead atoms. The van der Waals surface area contributed by atoms with Gasteiger partial charge < -0.3 is 7.80 Å². The van der Waals surface area contributed by atoms with Gasteiger partial charge in [0.15, 0.2) is 0 Å². The zero-order chi connectivity index (χ0) is 7.56. The Bertz CT molecular complexity index is 108. The highest BCUT2D eigenvalue weighted by molar-refractivity contribution is 14.1. The summed E-state index contributed by atoms with van der Waals surface area (Å²) in [6, 6.07) is 0. The van der Waals surface area contributed by atoms with Gasteiger partial charge in [-0.25, -0.2) is 0 Å². The molecule has 1 fully saturated rings. The van der Waals surface area contributed by atoms with Crippen LogP contribution in [-0.2, 0) is 7.80 Å². The zero-order valence-electron chi connectivity index (χ0n) is 6.34. The quantitative estimate of drug-likeness (QED) is 0.706. The summed E-state index contributed by atoms with van der Waals surface area (Å²) in [7, 11) is 0. The van der Waals surface area contributed by atoms with Crippen LogP contribution in [-0.4, -0.2) is 18.3 Å². The van der Waals surface area contributed by atoms with Gasteiger partial charge in [-0.15, -0.1) is 0 Å². The maximum atomic E-state index is 5.58. The number of halogens is 1. The lowest BCUT2D eigenvalue weighted by molar-refractivity contribution is 0.00384. The molecule has 0 aromatic heterocycles. The summed E-state index contributed by atoms with van der Waals surface area (Å²) in [5.41, 5.74) is 0. The minimum absolute atomic E-state index is 0.241. The average Bonchev–Trinajstić information content (AvgIpc) is 2.34. The fraction of sp³-hybridized carbons (Fsp3) is 1.00. The number of hydrogen-bond donors (Lipinski definition) is 0. The fourth-order valence-corrected chi connectivity index (χ4v) is 1.56. The predicted molar refractivity (Wildman–Crippen MR) is 48.1 cm³/mol. The molecule has 1 saturated heterocycles. The van der Waals surface area contributed by atoms with E-state index in [1.165, 1.54) is 6.42 Å². The molecule has 0 N–H and O–H groups in total. The molecular formula is C7H13IO2. The molecule has 1 rings (SSSR count). The minimum Gasteiger partial charge on any atom is -0.373 e. The van der Waals surface area contributed by atoms with Gasteiger partial charge in [0.25, 0.3) is 0 Å². The molecule has 1 heterocycles. The monoisotopic (exact) mass is 256 g/mol. The molecule has 3 atom stereocenters. The van der Waals surface area contributed by atoms with Crippen LogP contribution in [0.5, 0.6) is 0 Å². The van der Waals surface area contributed by atoms with Crippen molar-refractivity contribution < 1.29 is 7.80 Å². The van der Waals surface area contributed by atoms with Crippen LogP contribution in [0.2, 0.25) is 0 Å². The first-order valence-electron chi connectivity index (χ1n) is 3.67. The van der Waals surface area contributed by atoms with Crippen LogP contribution in [0.25, 0.3) is 0 Å². The molecule has 0 amide bonds. The molecule has 3 heteroatoms. The molecule has 0 radical (unpaired) electrons. The third-order valence-electron chi connectivity index (χ3n) is 1.93. The lowest BCUT2D eigenvalue weighted by Crippen LogP contribution is -2.23. The summed E-state index contributed by atoms with van der Waals surface area (Å²) in [5.74, 6) is 0. The van der Waals surface area contributed by atoms with Crippen LogP contribution in [0, 0.1) is 0 Å². The molecule has 1 aliphatic rings. The van der Waals surface area contributed by atoms with Crippen LogP contribution < -0.4 is 0 Å². The standard InChI is InChI=1S/C7H13IO2/c1-5-3-4-7(9-5)6(2)10-8/h5-7H,3-4H2,1-2H3. The van der Waals surface area contributed by atoms with Crippen molar-refractivity contribution in [2.45, 2.75) is 45.0 Å². The van der Waals surface area contributed by atoms with Crippen molar-refractivity contribution in [3.05, 3.63) is 0 Å². The van der Waals surface area contributed by atoms with E-state index < -0.39 is 0 Å². The first-order valence-corrected chi connectivity index (χ1v) is 4.55. The Labute approximate surface area is 76.0 Å². The molecule has 1 aliphatic heterocycles. The SMILES string of the molecule is CC1CCC(C(C)OI)O1. The minimum atomic E-state index is 0.241. The van der Waals surface area contributed by atoms with Crippen molar-refractivity contribution in [2.75, 3.05) is 0 Å². The first kappa shape index (κ1) is 8.74. The van der Waals surface area contributed by atoms with Gasteiger partial charge in [-0.3, -0.25) is 0 Å². The van der Waals surface area contributed by atoms with E-state index in [0.717, 1.165) is 6.42 Å². The molecular weight excluding hydrogens is 243 g/mol. The molecule has 2 nitrogen and oxygen atoms in total. The van der Waals surface area contributed by atoms with Gasteiger partial charge >= 0.3 is 0 Å². The fourth-order valence-electron chi connectivity index (χ4n) is 1.24. The Morgan fingerprint density at radius 1 is 1.60 bits per heavy atom. The molecule has 0 aromatic carbocycles. The van der Waals surface area contributed by atoms with Gasteiger partial charge in [-0.2, -0.15) is 0 Å². The summed E-state index contributed by atoms with van der Waals surface area (Å²) in [6.07, 6.45) is 3.32. The Hall–Kier alpha value is 0.650. The van der Waals surface area contributed by atoms with E-state index in [2.05, 4.69) is 13.8 Å². The summed E-state index contributed by atoms with van der Waals surface area (Å²) in [6.45, 7) is 4.16. The summed E-state index contributed by atoms with van der Waals surface area (Å²) >= 11 is 1.93. The van der Waals surface area contributed by atoms with E-state index in [1.54, 1.807) is 0 Å². The molecule has 0 saturated carbocycles. The highest BCUT2D eigenvalue weighted by atomic mass is 127. The van der Waals surface area contributed by atoms with E-state index in [9.17, 15) is 0 Å². The highest BCUT2D eigenvalue weighted by Crippen LogP contribution is 2.23. The Kier molecular flexibility index (Phi) is 3.39.